The van der Waals surface area contributed by atoms with E-state index in [1.807, 2.05) is 18.2 Å². The fourth-order valence-electron chi connectivity index (χ4n) is 1.77. The molecule has 6 heteroatoms. The third-order valence-electron chi connectivity index (χ3n) is 2.71. The lowest BCUT2D eigenvalue weighted by Gasteiger charge is -2.04. The highest BCUT2D eigenvalue weighted by molar-refractivity contribution is 7.22. The van der Waals surface area contributed by atoms with Gasteiger partial charge in [0.25, 0.3) is 5.91 Å². The number of benzene rings is 2. The summed E-state index contributed by atoms with van der Waals surface area (Å²) in [6, 6.07) is 13.4. The van der Waals surface area contributed by atoms with Crippen molar-refractivity contribution in [3.63, 3.8) is 0 Å². The molecule has 0 aliphatic rings. The number of hydrogen-bond acceptors (Lipinski definition) is 4. The molecule has 0 spiro atoms. The summed E-state index contributed by atoms with van der Waals surface area (Å²) in [4.78, 5) is 16.0. The Bertz CT molecular complexity index is 774. The number of anilines is 1. The van der Waals surface area contributed by atoms with Crippen LogP contribution in [0.5, 0.6) is 5.75 Å². The van der Waals surface area contributed by atoms with E-state index in [2.05, 4.69) is 10.3 Å². The lowest BCUT2D eigenvalue weighted by Crippen LogP contribution is -2.19. The maximum absolute atomic E-state index is 13.1. The summed E-state index contributed by atoms with van der Waals surface area (Å²) in [6.07, 6.45) is 0. The van der Waals surface area contributed by atoms with Crippen LogP contribution in [0.15, 0.2) is 48.5 Å². The van der Waals surface area contributed by atoms with E-state index in [4.69, 9.17) is 4.74 Å². The van der Waals surface area contributed by atoms with E-state index in [-0.39, 0.29) is 18.3 Å². The number of carbonyl (C=O) groups excluding carboxylic acids is 1. The SMILES string of the molecule is O=C(COc1ccccc1)Nc1nc2ccc(F)cc2s1. The second kappa shape index (κ2) is 5.88. The Hall–Kier alpha value is -2.47. The Morgan fingerprint density at radius 3 is 2.86 bits per heavy atom. The molecule has 3 aromatic rings. The van der Waals surface area contributed by atoms with Crippen molar-refractivity contribution in [2.75, 3.05) is 11.9 Å². The molecule has 1 heterocycles. The van der Waals surface area contributed by atoms with E-state index in [9.17, 15) is 9.18 Å². The van der Waals surface area contributed by atoms with E-state index in [1.54, 1.807) is 18.2 Å². The van der Waals surface area contributed by atoms with Gasteiger partial charge in [0.1, 0.15) is 11.6 Å². The second-order valence-electron chi connectivity index (χ2n) is 4.28. The van der Waals surface area contributed by atoms with Crippen molar-refractivity contribution in [3.8, 4) is 5.75 Å². The average Bonchev–Trinajstić information content (AvgIpc) is 2.87. The highest BCUT2D eigenvalue weighted by Crippen LogP contribution is 2.26. The molecule has 0 atom stereocenters. The van der Waals surface area contributed by atoms with Crippen LogP contribution in [0.1, 0.15) is 0 Å². The summed E-state index contributed by atoms with van der Waals surface area (Å²) in [5.41, 5.74) is 0.653. The summed E-state index contributed by atoms with van der Waals surface area (Å²) >= 11 is 1.22. The number of thiazole rings is 1. The molecular formula is C15H11FN2O2S. The van der Waals surface area contributed by atoms with Gasteiger partial charge in [-0.1, -0.05) is 29.5 Å². The van der Waals surface area contributed by atoms with E-state index in [0.717, 1.165) is 0 Å². The normalized spacial score (nSPS) is 10.5. The van der Waals surface area contributed by atoms with Gasteiger partial charge in [0.15, 0.2) is 11.7 Å². The number of ether oxygens (including phenoxy) is 1. The summed E-state index contributed by atoms with van der Waals surface area (Å²) in [6.45, 7) is -0.103. The number of amides is 1. The second-order valence-corrected chi connectivity index (χ2v) is 5.31. The summed E-state index contributed by atoms with van der Waals surface area (Å²) < 4.78 is 19.1. The van der Waals surface area contributed by atoms with Crippen LogP contribution in [0.25, 0.3) is 10.2 Å². The van der Waals surface area contributed by atoms with Gasteiger partial charge in [-0.15, -0.1) is 0 Å². The molecule has 0 aliphatic carbocycles. The predicted octanol–water partition coefficient (Wildman–Crippen LogP) is 3.45. The smallest absolute Gasteiger partial charge is 0.264 e. The zero-order valence-corrected chi connectivity index (χ0v) is 11.7. The van der Waals surface area contributed by atoms with Crippen molar-refractivity contribution >= 4 is 32.6 Å². The first-order chi connectivity index (χ1) is 10.2. The zero-order valence-electron chi connectivity index (χ0n) is 10.9. The third-order valence-corrected chi connectivity index (χ3v) is 3.64. The molecule has 0 aliphatic heterocycles. The molecule has 0 saturated carbocycles. The molecule has 21 heavy (non-hydrogen) atoms. The van der Waals surface area contributed by atoms with Crippen molar-refractivity contribution in [2.24, 2.45) is 0 Å². The fraction of sp³-hybridized carbons (Fsp3) is 0.0667. The molecule has 106 valence electrons. The van der Waals surface area contributed by atoms with Crippen LogP contribution in [-0.2, 0) is 4.79 Å². The van der Waals surface area contributed by atoms with Gasteiger partial charge in [-0.3, -0.25) is 10.1 Å². The predicted molar refractivity (Wildman–Crippen MR) is 80.1 cm³/mol. The molecule has 0 unspecified atom stereocenters. The first-order valence-corrected chi connectivity index (χ1v) is 7.06. The molecule has 1 aromatic heterocycles. The Morgan fingerprint density at radius 2 is 2.05 bits per heavy atom. The number of aromatic nitrogens is 1. The highest BCUT2D eigenvalue weighted by atomic mass is 32.1. The first kappa shape index (κ1) is 13.5. The maximum atomic E-state index is 13.1. The highest BCUT2D eigenvalue weighted by Gasteiger charge is 2.09. The summed E-state index contributed by atoms with van der Waals surface area (Å²) in [5.74, 6) is -0.00570. The van der Waals surface area contributed by atoms with E-state index in [0.29, 0.717) is 21.1 Å². The Labute approximate surface area is 124 Å². The monoisotopic (exact) mass is 302 g/mol. The van der Waals surface area contributed by atoms with Gasteiger partial charge in [-0.05, 0) is 30.3 Å². The number of fused-ring (bicyclic) bond motifs is 1. The molecule has 0 saturated heterocycles. The number of para-hydroxylation sites is 1. The average molecular weight is 302 g/mol. The van der Waals surface area contributed by atoms with Gasteiger partial charge in [0, 0.05) is 0 Å². The number of rotatable bonds is 4. The third kappa shape index (κ3) is 3.35. The topological polar surface area (TPSA) is 51.2 Å². The zero-order chi connectivity index (χ0) is 14.7. The number of hydrogen-bond donors (Lipinski definition) is 1. The molecule has 1 amide bonds. The van der Waals surface area contributed by atoms with Gasteiger partial charge in [-0.2, -0.15) is 0 Å². The Balaban J connectivity index is 1.63. The lowest BCUT2D eigenvalue weighted by atomic mass is 10.3. The molecule has 3 rings (SSSR count). The van der Waals surface area contributed by atoms with Gasteiger partial charge < -0.3 is 4.74 Å². The van der Waals surface area contributed by atoms with Crippen molar-refractivity contribution in [3.05, 3.63) is 54.3 Å². The molecule has 2 aromatic carbocycles. The maximum Gasteiger partial charge on any atom is 0.264 e. The molecule has 0 fully saturated rings. The van der Waals surface area contributed by atoms with Crippen LogP contribution in [0.2, 0.25) is 0 Å². The lowest BCUT2D eigenvalue weighted by molar-refractivity contribution is -0.118. The van der Waals surface area contributed by atoms with Crippen molar-refractivity contribution in [1.82, 2.24) is 4.98 Å². The molecule has 0 bridgehead atoms. The van der Waals surface area contributed by atoms with Crippen molar-refractivity contribution < 1.29 is 13.9 Å². The minimum Gasteiger partial charge on any atom is -0.484 e. The van der Waals surface area contributed by atoms with Crippen LogP contribution in [0.4, 0.5) is 9.52 Å². The minimum absolute atomic E-state index is 0.103. The number of halogens is 1. The number of nitrogens with one attached hydrogen (secondary N) is 1. The fourth-order valence-corrected chi connectivity index (χ4v) is 2.68. The molecular weight excluding hydrogens is 291 g/mol. The Morgan fingerprint density at radius 1 is 1.24 bits per heavy atom. The van der Waals surface area contributed by atoms with Crippen LogP contribution < -0.4 is 10.1 Å². The molecule has 4 nitrogen and oxygen atoms in total. The van der Waals surface area contributed by atoms with Crippen LogP contribution in [0, 0.1) is 5.82 Å². The van der Waals surface area contributed by atoms with Gasteiger partial charge >= 0.3 is 0 Å². The Kier molecular flexibility index (Phi) is 3.79. The van der Waals surface area contributed by atoms with Crippen LogP contribution in [0.3, 0.4) is 0 Å². The summed E-state index contributed by atoms with van der Waals surface area (Å²) in [7, 11) is 0. The number of carbonyl (C=O) groups is 1. The molecule has 0 radical (unpaired) electrons. The van der Waals surface area contributed by atoms with Crippen LogP contribution in [-0.4, -0.2) is 17.5 Å². The van der Waals surface area contributed by atoms with Gasteiger partial charge in [0.05, 0.1) is 10.2 Å². The van der Waals surface area contributed by atoms with E-state index < -0.39 is 0 Å². The standard InChI is InChI=1S/C15H11FN2O2S/c16-10-6-7-12-13(8-10)21-15(17-12)18-14(19)9-20-11-4-2-1-3-5-11/h1-8H,9H2,(H,17,18,19). The molecule has 1 N–H and O–H groups in total. The van der Waals surface area contributed by atoms with Crippen LogP contribution >= 0.6 is 11.3 Å². The van der Waals surface area contributed by atoms with Crippen molar-refractivity contribution in [1.29, 1.82) is 0 Å². The quantitative estimate of drug-likeness (QED) is 0.803. The summed E-state index contributed by atoms with van der Waals surface area (Å²) in [5, 5.41) is 3.07. The van der Waals surface area contributed by atoms with E-state index >= 15 is 0 Å². The van der Waals surface area contributed by atoms with Gasteiger partial charge in [0.2, 0.25) is 0 Å². The largest absolute Gasteiger partial charge is 0.484 e. The minimum atomic E-state index is -0.323. The first-order valence-electron chi connectivity index (χ1n) is 6.24. The van der Waals surface area contributed by atoms with E-state index in [1.165, 1.54) is 23.5 Å². The van der Waals surface area contributed by atoms with Crippen molar-refractivity contribution in [2.45, 2.75) is 0 Å². The van der Waals surface area contributed by atoms with Gasteiger partial charge in [-0.25, -0.2) is 9.37 Å². The number of nitrogens with zero attached hydrogens (tertiary/aromatic N) is 1.